The molecule has 0 aliphatic rings. The minimum Gasteiger partial charge on any atom is -0.348 e. The van der Waals surface area contributed by atoms with Crippen LogP contribution in [0.15, 0.2) is 71.5 Å². The van der Waals surface area contributed by atoms with E-state index in [-0.39, 0.29) is 24.1 Å². The van der Waals surface area contributed by atoms with Crippen molar-refractivity contribution in [2.45, 2.75) is 32.9 Å². The number of nitrogens with one attached hydrogen (secondary N) is 1. The number of benzene rings is 2. The Kier molecular flexibility index (Phi) is 5.81. The number of amides is 1. The monoisotopic (exact) mass is 361 g/mol. The number of nitrogens with zero attached hydrogens (tertiary/aromatic N) is 2. The zero-order valence-electron chi connectivity index (χ0n) is 15.6. The number of aromatic nitrogens is 2. The topological polar surface area (TPSA) is 64.0 Å². The van der Waals surface area contributed by atoms with Crippen LogP contribution in [-0.2, 0) is 17.8 Å². The number of hydrogen-bond donors (Lipinski definition) is 1. The van der Waals surface area contributed by atoms with Crippen molar-refractivity contribution in [2.75, 3.05) is 0 Å². The van der Waals surface area contributed by atoms with Crippen molar-refractivity contribution < 1.29 is 4.79 Å². The highest BCUT2D eigenvalue weighted by Crippen LogP contribution is 2.15. The number of carbonyl (C=O) groups is 1. The number of aryl methyl sites for hydroxylation is 1. The molecule has 1 amide bonds. The maximum absolute atomic E-state index is 12.4. The summed E-state index contributed by atoms with van der Waals surface area (Å²) in [6, 6.07) is 20.7. The minimum absolute atomic E-state index is 0.114. The summed E-state index contributed by atoms with van der Waals surface area (Å²) in [6.07, 6.45) is 0.980. The quantitative estimate of drug-likeness (QED) is 0.732. The van der Waals surface area contributed by atoms with Gasteiger partial charge in [0, 0.05) is 11.6 Å². The molecule has 1 N–H and O–H groups in total. The van der Waals surface area contributed by atoms with Gasteiger partial charge in [0.25, 0.3) is 5.56 Å². The lowest BCUT2D eigenvalue weighted by Crippen LogP contribution is -2.34. The first-order chi connectivity index (χ1) is 13.1. The minimum atomic E-state index is -0.301. The van der Waals surface area contributed by atoms with Gasteiger partial charge in [0.2, 0.25) is 5.91 Å². The number of rotatable bonds is 6. The van der Waals surface area contributed by atoms with Crippen LogP contribution in [0.2, 0.25) is 0 Å². The molecule has 2 aromatic carbocycles. The van der Waals surface area contributed by atoms with Gasteiger partial charge in [0.05, 0.1) is 11.7 Å². The van der Waals surface area contributed by atoms with Crippen LogP contribution in [0.3, 0.4) is 0 Å². The highest BCUT2D eigenvalue weighted by atomic mass is 16.2. The molecule has 1 heterocycles. The van der Waals surface area contributed by atoms with Crippen molar-refractivity contribution in [3.63, 3.8) is 0 Å². The molecule has 27 heavy (non-hydrogen) atoms. The summed E-state index contributed by atoms with van der Waals surface area (Å²) < 4.78 is 1.20. The molecule has 0 radical (unpaired) electrons. The molecule has 5 heteroatoms. The summed E-state index contributed by atoms with van der Waals surface area (Å²) in [5.41, 5.74) is 3.54. The van der Waals surface area contributed by atoms with E-state index in [9.17, 15) is 9.59 Å². The van der Waals surface area contributed by atoms with Crippen molar-refractivity contribution in [1.82, 2.24) is 15.1 Å². The Labute approximate surface area is 158 Å². The third-order valence-corrected chi connectivity index (χ3v) is 4.50. The van der Waals surface area contributed by atoms with Crippen LogP contribution in [0.5, 0.6) is 0 Å². The Bertz CT molecular complexity index is 963. The molecule has 0 aliphatic carbocycles. The zero-order chi connectivity index (χ0) is 19.2. The van der Waals surface area contributed by atoms with Crippen molar-refractivity contribution >= 4 is 5.91 Å². The molecular formula is C22H23N3O2. The molecule has 0 unspecified atom stereocenters. The summed E-state index contributed by atoms with van der Waals surface area (Å²) in [5, 5.41) is 7.26. The molecule has 1 aromatic heterocycles. The molecule has 0 fully saturated rings. The van der Waals surface area contributed by atoms with Crippen molar-refractivity contribution in [1.29, 1.82) is 0 Å². The van der Waals surface area contributed by atoms with Gasteiger partial charge in [-0.2, -0.15) is 5.10 Å². The van der Waals surface area contributed by atoms with Crippen LogP contribution >= 0.6 is 0 Å². The van der Waals surface area contributed by atoms with Crippen molar-refractivity contribution in [3.05, 3.63) is 88.2 Å². The normalized spacial score (nSPS) is 11.8. The van der Waals surface area contributed by atoms with E-state index >= 15 is 0 Å². The Morgan fingerprint density at radius 1 is 1.04 bits per heavy atom. The van der Waals surface area contributed by atoms with Crippen molar-refractivity contribution in [3.8, 4) is 11.3 Å². The van der Waals surface area contributed by atoms with E-state index in [0.29, 0.717) is 5.69 Å². The predicted molar refractivity (Wildman–Crippen MR) is 106 cm³/mol. The van der Waals surface area contributed by atoms with E-state index in [1.54, 1.807) is 6.07 Å². The molecule has 3 rings (SSSR count). The molecule has 3 aromatic rings. The van der Waals surface area contributed by atoms with E-state index < -0.39 is 0 Å². The molecule has 1 atom stereocenters. The SMILES string of the molecule is CCc1ccc([C@@H](C)NC(=O)Cn2nc(-c3ccccc3)ccc2=O)cc1. The van der Waals surface area contributed by atoms with Crippen LogP contribution in [0.25, 0.3) is 11.3 Å². The van der Waals surface area contributed by atoms with Gasteiger partial charge in [-0.05, 0) is 30.5 Å². The Morgan fingerprint density at radius 3 is 2.41 bits per heavy atom. The first kappa shape index (κ1) is 18.6. The third kappa shape index (κ3) is 4.70. The van der Waals surface area contributed by atoms with Gasteiger partial charge in [-0.25, -0.2) is 4.68 Å². The molecule has 5 nitrogen and oxygen atoms in total. The molecule has 0 saturated carbocycles. The van der Waals surface area contributed by atoms with Gasteiger partial charge < -0.3 is 5.32 Å². The summed E-state index contributed by atoms with van der Waals surface area (Å²) in [6.45, 7) is 3.92. The lowest BCUT2D eigenvalue weighted by molar-refractivity contribution is -0.122. The van der Waals surface area contributed by atoms with Gasteiger partial charge in [-0.3, -0.25) is 9.59 Å². The number of carbonyl (C=O) groups excluding carboxylic acids is 1. The maximum Gasteiger partial charge on any atom is 0.267 e. The highest BCUT2D eigenvalue weighted by Gasteiger charge is 2.12. The fraction of sp³-hybridized carbons (Fsp3) is 0.227. The first-order valence-electron chi connectivity index (χ1n) is 9.08. The van der Waals surface area contributed by atoms with E-state index in [2.05, 4.69) is 29.5 Å². The molecule has 0 spiro atoms. The fourth-order valence-electron chi connectivity index (χ4n) is 2.87. The van der Waals surface area contributed by atoms with Gasteiger partial charge in [-0.1, -0.05) is 61.5 Å². The van der Waals surface area contributed by atoms with Crippen LogP contribution in [-0.4, -0.2) is 15.7 Å². The van der Waals surface area contributed by atoms with Crippen LogP contribution in [0, 0.1) is 0 Å². The Balaban J connectivity index is 1.70. The standard InChI is InChI=1S/C22H23N3O2/c1-3-17-9-11-18(12-10-17)16(2)23-21(26)15-25-22(27)14-13-20(24-25)19-7-5-4-6-8-19/h4-14,16H,3,15H2,1-2H3,(H,23,26)/t16-/m1/s1. The molecule has 0 bridgehead atoms. The summed E-state index contributed by atoms with van der Waals surface area (Å²) in [7, 11) is 0. The fourth-order valence-corrected chi connectivity index (χ4v) is 2.87. The van der Waals surface area contributed by atoms with Gasteiger partial charge in [-0.15, -0.1) is 0 Å². The summed E-state index contributed by atoms with van der Waals surface area (Å²) in [4.78, 5) is 24.5. The second-order valence-electron chi connectivity index (χ2n) is 6.46. The average Bonchev–Trinajstić information content (AvgIpc) is 2.70. The van der Waals surface area contributed by atoms with Gasteiger partial charge >= 0.3 is 0 Å². The predicted octanol–water partition coefficient (Wildman–Crippen LogP) is 3.35. The maximum atomic E-state index is 12.4. The van der Waals surface area contributed by atoms with E-state index in [1.807, 2.05) is 49.4 Å². The average molecular weight is 361 g/mol. The second kappa shape index (κ2) is 8.45. The van der Waals surface area contributed by atoms with E-state index in [1.165, 1.54) is 16.3 Å². The van der Waals surface area contributed by atoms with Crippen molar-refractivity contribution in [2.24, 2.45) is 0 Å². The van der Waals surface area contributed by atoms with Crippen LogP contribution < -0.4 is 10.9 Å². The lowest BCUT2D eigenvalue weighted by Gasteiger charge is -2.15. The number of hydrogen-bond acceptors (Lipinski definition) is 3. The molecule has 0 saturated heterocycles. The summed E-state index contributed by atoms with van der Waals surface area (Å²) in [5.74, 6) is -0.248. The Morgan fingerprint density at radius 2 is 1.74 bits per heavy atom. The van der Waals surface area contributed by atoms with Crippen LogP contribution in [0.4, 0.5) is 0 Å². The summed E-state index contributed by atoms with van der Waals surface area (Å²) >= 11 is 0. The lowest BCUT2D eigenvalue weighted by atomic mass is 10.1. The third-order valence-electron chi connectivity index (χ3n) is 4.50. The van der Waals surface area contributed by atoms with Gasteiger partial charge in [0.1, 0.15) is 6.54 Å². The molecule has 138 valence electrons. The molecule has 0 aliphatic heterocycles. The van der Waals surface area contributed by atoms with Crippen LogP contribution in [0.1, 0.15) is 31.0 Å². The van der Waals surface area contributed by atoms with E-state index in [0.717, 1.165) is 17.5 Å². The zero-order valence-corrected chi connectivity index (χ0v) is 15.6. The Hall–Kier alpha value is -3.21. The molecular weight excluding hydrogens is 338 g/mol. The van der Waals surface area contributed by atoms with E-state index in [4.69, 9.17) is 0 Å². The highest BCUT2D eigenvalue weighted by molar-refractivity contribution is 5.76. The second-order valence-corrected chi connectivity index (χ2v) is 6.46. The first-order valence-corrected chi connectivity index (χ1v) is 9.08. The smallest absolute Gasteiger partial charge is 0.267 e. The largest absolute Gasteiger partial charge is 0.348 e. The van der Waals surface area contributed by atoms with Gasteiger partial charge in [0.15, 0.2) is 0 Å².